The van der Waals surface area contributed by atoms with Gasteiger partial charge >= 0.3 is 5.97 Å². The van der Waals surface area contributed by atoms with Crippen molar-refractivity contribution in [2.24, 2.45) is 5.73 Å². The molecule has 0 aliphatic rings. The fraction of sp³-hybridized carbons (Fsp3) is 0.167. The quantitative estimate of drug-likeness (QED) is 0.671. The molecule has 1 heterocycles. The second-order valence-electron chi connectivity index (χ2n) is 5.67. The first-order valence-electron chi connectivity index (χ1n) is 7.79. The van der Waals surface area contributed by atoms with Crippen LogP contribution in [-0.4, -0.2) is 40.1 Å². The minimum absolute atomic E-state index is 0.0173. The van der Waals surface area contributed by atoms with Gasteiger partial charge in [0.2, 0.25) is 0 Å². The number of hydrogen-bond acceptors (Lipinski definition) is 5. The molecule has 7 nitrogen and oxygen atoms in total. The van der Waals surface area contributed by atoms with E-state index in [1.165, 1.54) is 53.9 Å². The van der Waals surface area contributed by atoms with Crippen molar-refractivity contribution in [3.8, 4) is 17.0 Å². The molecule has 3 N–H and O–H groups in total. The number of thioether (sulfide) groups is 1. The van der Waals surface area contributed by atoms with Gasteiger partial charge in [0.05, 0.1) is 12.7 Å². The van der Waals surface area contributed by atoms with Gasteiger partial charge in [-0.15, -0.1) is 11.8 Å². The SMILES string of the molecule is COc1cc(C(=O)O)cc2c(-c3cccc(F)c3)nn(C(SC)C(N)=O)c12. The lowest BCUT2D eigenvalue weighted by atomic mass is 10.0. The van der Waals surface area contributed by atoms with Gasteiger partial charge in [-0.3, -0.25) is 4.79 Å². The Labute approximate surface area is 157 Å². The second-order valence-corrected chi connectivity index (χ2v) is 6.59. The number of methoxy groups -OCH3 is 1. The molecule has 140 valence electrons. The third-order valence-electron chi connectivity index (χ3n) is 4.02. The van der Waals surface area contributed by atoms with Gasteiger partial charge in [0.25, 0.3) is 5.91 Å². The lowest BCUT2D eigenvalue weighted by Crippen LogP contribution is -2.24. The van der Waals surface area contributed by atoms with E-state index in [1.54, 1.807) is 12.3 Å². The van der Waals surface area contributed by atoms with Gasteiger partial charge in [0.15, 0.2) is 5.37 Å². The van der Waals surface area contributed by atoms with Gasteiger partial charge in [-0.25, -0.2) is 13.9 Å². The van der Waals surface area contributed by atoms with Crippen molar-refractivity contribution in [3.63, 3.8) is 0 Å². The number of carbonyl (C=O) groups excluding carboxylic acids is 1. The maximum absolute atomic E-state index is 13.7. The van der Waals surface area contributed by atoms with Crippen molar-refractivity contribution in [2.75, 3.05) is 13.4 Å². The number of aromatic carboxylic acids is 1. The molecule has 0 saturated carbocycles. The lowest BCUT2D eigenvalue weighted by Gasteiger charge is -2.14. The summed E-state index contributed by atoms with van der Waals surface area (Å²) < 4.78 is 20.5. The van der Waals surface area contributed by atoms with Crippen LogP contribution in [0.4, 0.5) is 4.39 Å². The summed E-state index contributed by atoms with van der Waals surface area (Å²) in [7, 11) is 1.39. The van der Waals surface area contributed by atoms with Gasteiger partial charge < -0.3 is 15.6 Å². The van der Waals surface area contributed by atoms with Gasteiger partial charge in [0, 0.05) is 10.9 Å². The van der Waals surface area contributed by atoms with E-state index in [4.69, 9.17) is 10.5 Å². The zero-order valence-electron chi connectivity index (χ0n) is 14.5. The molecule has 1 aromatic heterocycles. The molecule has 0 bridgehead atoms. The lowest BCUT2D eigenvalue weighted by molar-refractivity contribution is -0.118. The van der Waals surface area contributed by atoms with Crippen LogP contribution in [-0.2, 0) is 4.79 Å². The largest absolute Gasteiger partial charge is 0.494 e. The third kappa shape index (κ3) is 3.33. The summed E-state index contributed by atoms with van der Waals surface area (Å²) in [5, 5.41) is 13.4. The Bertz CT molecular complexity index is 1050. The summed E-state index contributed by atoms with van der Waals surface area (Å²) in [6, 6.07) is 8.50. The van der Waals surface area contributed by atoms with Crippen LogP contribution in [0.2, 0.25) is 0 Å². The zero-order valence-corrected chi connectivity index (χ0v) is 15.3. The number of amides is 1. The Morgan fingerprint density at radius 3 is 2.63 bits per heavy atom. The van der Waals surface area contributed by atoms with E-state index >= 15 is 0 Å². The minimum atomic E-state index is -1.15. The van der Waals surface area contributed by atoms with E-state index in [0.717, 1.165) is 0 Å². The number of hydrogen-bond donors (Lipinski definition) is 2. The number of benzene rings is 2. The Kier molecular flexibility index (Phi) is 5.04. The van der Waals surface area contributed by atoms with Crippen molar-refractivity contribution < 1.29 is 23.8 Å². The Morgan fingerprint density at radius 2 is 2.07 bits per heavy atom. The average molecular weight is 389 g/mol. The molecule has 2 aromatic carbocycles. The summed E-state index contributed by atoms with van der Waals surface area (Å²) >= 11 is 1.17. The van der Waals surface area contributed by atoms with E-state index in [2.05, 4.69) is 5.10 Å². The highest BCUT2D eigenvalue weighted by molar-refractivity contribution is 7.99. The number of aromatic nitrogens is 2. The van der Waals surface area contributed by atoms with Crippen molar-refractivity contribution in [1.29, 1.82) is 0 Å². The Balaban J connectivity index is 2.43. The number of rotatable bonds is 6. The maximum atomic E-state index is 13.7. The van der Waals surface area contributed by atoms with Crippen molar-refractivity contribution in [3.05, 3.63) is 47.8 Å². The summed E-state index contributed by atoms with van der Waals surface area (Å²) in [6.45, 7) is 0. The average Bonchev–Trinajstić information content (AvgIpc) is 3.00. The van der Waals surface area contributed by atoms with Crippen molar-refractivity contribution in [2.45, 2.75) is 5.37 Å². The van der Waals surface area contributed by atoms with Gasteiger partial charge in [-0.05, 0) is 30.5 Å². The van der Waals surface area contributed by atoms with Crippen LogP contribution in [0.25, 0.3) is 22.2 Å². The van der Waals surface area contributed by atoms with E-state index < -0.39 is 23.1 Å². The van der Waals surface area contributed by atoms with Gasteiger partial charge in [-0.1, -0.05) is 12.1 Å². The molecule has 9 heteroatoms. The van der Waals surface area contributed by atoms with Crippen LogP contribution in [0.3, 0.4) is 0 Å². The minimum Gasteiger partial charge on any atom is -0.494 e. The first-order chi connectivity index (χ1) is 12.9. The summed E-state index contributed by atoms with van der Waals surface area (Å²) in [5.41, 5.74) is 6.64. The normalized spacial score (nSPS) is 12.1. The Hall–Kier alpha value is -3.07. The standard InChI is InChI=1S/C18H16FN3O4S/c1-26-13-8-10(18(24)25)7-12-14(9-4-3-5-11(19)6-9)21-22(15(12)13)17(27-2)16(20)23/h3-8,17H,1-2H3,(H2,20,23)(H,24,25). The maximum Gasteiger partial charge on any atom is 0.335 e. The summed E-state index contributed by atoms with van der Waals surface area (Å²) in [6.07, 6.45) is 1.70. The van der Waals surface area contributed by atoms with Crippen LogP contribution in [0, 0.1) is 5.82 Å². The second kappa shape index (κ2) is 7.28. The predicted octanol–water partition coefficient (Wildman–Crippen LogP) is 2.90. The monoisotopic (exact) mass is 389 g/mol. The van der Waals surface area contributed by atoms with Crippen molar-refractivity contribution >= 4 is 34.5 Å². The molecular formula is C18H16FN3O4S. The number of nitrogens with zero attached hydrogens (tertiary/aromatic N) is 2. The molecule has 0 fully saturated rings. The van der Waals surface area contributed by atoms with Crippen LogP contribution in [0.5, 0.6) is 5.75 Å². The van der Waals surface area contributed by atoms with E-state index in [0.29, 0.717) is 22.2 Å². The van der Waals surface area contributed by atoms with E-state index in [-0.39, 0.29) is 11.3 Å². The molecular weight excluding hydrogens is 373 g/mol. The summed E-state index contributed by atoms with van der Waals surface area (Å²) in [5.74, 6) is -2.01. The number of nitrogens with two attached hydrogens (primary N) is 1. The molecule has 0 spiro atoms. The fourth-order valence-electron chi connectivity index (χ4n) is 2.87. The number of primary amides is 1. The number of halogens is 1. The topological polar surface area (TPSA) is 107 Å². The number of fused-ring (bicyclic) bond motifs is 1. The number of carbonyl (C=O) groups is 2. The third-order valence-corrected chi connectivity index (χ3v) is 4.90. The van der Waals surface area contributed by atoms with E-state index in [1.807, 2.05) is 0 Å². The van der Waals surface area contributed by atoms with Gasteiger partial charge in [-0.2, -0.15) is 5.10 Å². The predicted molar refractivity (Wildman–Crippen MR) is 100 cm³/mol. The van der Waals surface area contributed by atoms with Crippen LogP contribution in [0.15, 0.2) is 36.4 Å². The number of carboxylic acid groups (broad SMARTS) is 1. The fourth-order valence-corrected chi connectivity index (χ4v) is 3.46. The first kappa shape index (κ1) is 18.7. The number of ether oxygens (including phenoxy) is 1. The molecule has 1 amide bonds. The van der Waals surface area contributed by atoms with E-state index in [9.17, 15) is 19.1 Å². The highest BCUT2D eigenvalue weighted by Gasteiger charge is 2.26. The molecule has 1 unspecified atom stereocenters. The smallest absolute Gasteiger partial charge is 0.335 e. The summed E-state index contributed by atoms with van der Waals surface area (Å²) in [4.78, 5) is 23.4. The highest BCUT2D eigenvalue weighted by atomic mass is 32.2. The molecule has 0 radical (unpaired) electrons. The molecule has 0 saturated heterocycles. The first-order valence-corrected chi connectivity index (χ1v) is 9.07. The molecule has 3 aromatic rings. The molecule has 1 atom stereocenters. The number of carboxylic acids is 1. The van der Waals surface area contributed by atoms with Crippen LogP contribution in [0.1, 0.15) is 15.7 Å². The van der Waals surface area contributed by atoms with Crippen LogP contribution < -0.4 is 10.5 Å². The molecule has 27 heavy (non-hydrogen) atoms. The van der Waals surface area contributed by atoms with Crippen LogP contribution >= 0.6 is 11.8 Å². The Morgan fingerprint density at radius 1 is 1.33 bits per heavy atom. The van der Waals surface area contributed by atoms with Gasteiger partial charge in [0.1, 0.15) is 22.8 Å². The van der Waals surface area contributed by atoms with Crippen molar-refractivity contribution in [1.82, 2.24) is 9.78 Å². The highest BCUT2D eigenvalue weighted by Crippen LogP contribution is 2.38. The zero-order chi connectivity index (χ0) is 19.7. The molecule has 3 rings (SSSR count). The molecule has 0 aliphatic carbocycles. The molecule has 0 aliphatic heterocycles.